The Morgan fingerprint density at radius 2 is 1.46 bits per heavy atom. The van der Waals surface area contributed by atoms with Gasteiger partial charge in [0.15, 0.2) is 0 Å². The van der Waals surface area contributed by atoms with E-state index in [0.29, 0.717) is 43.6 Å². The lowest BCUT2D eigenvalue weighted by Crippen LogP contribution is -2.50. The van der Waals surface area contributed by atoms with Gasteiger partial charge in [0, 0.05) is 36.0 Å². The Labute approximate surface area is 204 Å². The third-order valence-electron chi connectivity index (χ3n) is 5.92. The molecule has 0 radical (unpaired) electrons. The maximum atomic E-state index is 9.89. The van der Waals surface area contributed by atoms with E-state index in [1.165, 1.54) is 0 Å². The minimum Gasteiger partial charge on any atom is -0.473 e. The van der Waals surface area contributed by atoms with Crippen molar-refractivity contribution in [2.24, 2.45) is 0 Å². The molecule has 0 amide bonds. The van der Waals surface area contributed by atoms with Gasteiger partial charge >= 0.3 is 0 Å². The molecule has 4 aromatic rings. The lowest BCUT2D eigenvalue weighted by atomic mass is 9.99. The van der Waals surface area contributed by atoms with Crippen molar-refractivity contribution in [3.63, 3.8) is 0 Å². The average molecular weight is 464 g/mol. The number of hydrogen-bond acceptors (Lipinski definition) is 6. The van der Waals surface area contributed by atoms with Crippen LogP contribution in [0.25, 0.3) is 11.1 Å². The topological polar surface area (TPSA) is 78.6 Å². The lowest BCUT2D eigenvalue weighted by molar-refractivity contribution is 0.142. The van der Waals surface area contributed by atoms with Crippen molar-refractivity contribution in [3.05, 3.63) is 108 Å². The van der Waals surface area contributed by atoms with Crippen LogP contribution in [0.4, 0.5) is 5.69 Å². The summed E-state index contributed by atoms with van der Waals surface area (Å²) in [5.74, 6) is 0.855. The second-order valence-electron chi connectivity index (χ2n) is 8.45. The van der Waals surface area contributed by atoms with Crippen molar-refractivity contribution in [3.8, 4) is 29.0 Å². The number of nitrogens with zero attached hydrogens (tertiary/aromatic N) is 3. The van der Waals surface area contributed by atoms with Crippen molar-refractivity contribution in [2.75, 3.05) is 18.0 Å². The molecule has 174 valence electrons. The number of benzene rings is 3. The molecule has 3 aromatic carbocycles. The van der Waals surface area contributed by atoms with E-state index >= 15 is 0 Å². The average Bonchev–Trinajstić information content (AvgIpc) is 2.90. The number of aliphatic hydroxyl groups excluding tert-OH is 1. The molecule has 0 spiro atoms. The molecule has 0 bridgehead atoms. The number of β-amino-alcohol motifs (C(OH)–C–C–N with tert-alkyl or cyclic N) is 1. The lowest BCUT2D eigenvalue weighted by Gasteiger charge is -2.38. The zero-order valence-electron chi connectivity index (χ0n) is 19.2. The van der Waals surface area contributed by atoms with Crippen LogP contribution in [0.1, 0.15) is 16.7 Å². The summed E-state index contributed by atoms with van der Waals surface area (Å²) in [5.41, 5.74) is 4.96. The molecule has 0 aliphatic carbocycles. The summed E-state index contributed by atoms with van der Waals surface area (Å²) >= 11 is 0. The molecule has 1 aliphatic heterocycles. The molecule has 1 aromatic heterocycles. The van der Waals surface area contributed by atoms with Gasteiger partial charge in [-0.2, -0.15) is 10.2 Å². The van der Waals surface area contributed by atoms with E-state index in [-0.39, 0.29) is 6.10 Å². The van der Waals surface area contributed by atoms with Gasteiger partial charge < -0.3 is 19.5 Å². The van der Waals surface area contributed by atoms with Crippen LogP contribution in [-0.4, -0.2) is 29.3 Å². The molecule has 1 aliphatic rings. The molecule has 5 rings (SSSR count). The van der Waals surface area contributed by atoms with E-state index in [2.05, 4.69) is 11.1 Å². The minimum atomic E-state index is -0.314. The Bertz CT molecular complexity index is 1330. The van der Waals surface area contributed by atoms with Crippen LogP contribution in [0.5, 0.6) is 11.8 Å². The fraction of sp³-hybridized carbons (Fsp3) is 0.172. The van der Waals surface area contributed by atoms with Crippen molar-refractivity contribution < 1.29 is 14.6 Å². The Hall–Kier alpha value is -4.34. The fourth-order valence-electron chi connectivity index (χ4n) is 4.00. The summed E-state index contributed by atoms with van der Waals surface area (Å²) in [7, 11) is 0. The number of anilines is 1. The smallest absolute Gasteiger partial charge is 0.225 e. The van der Waals surface area contributed by atoms with Crippen molar-refractivity contribution in [1.82, 2.24) is 4.98 Å². The number of rotatable bonds is 8. The number of ether oxygens (including phenoxy) is 2. The van der Waals surface area contributed by atoms with Gasteiger partial charge in [0.2, 0.25) is 11.8 Å². The maximum absolute atomic E-state index is 9.89. The van der Waals surface area contributed by atoms with E-state index in [1.807, 2.05) is 89.8 Å². The van der Waals surface area contributed by atoms with Crippen LogP contribution in [0.3, 0.4) is 0 Å². The van der Waals surface area contributed by atoms with Gasteiger partial charge in [-0.1, -0.05) is 66.7 Å². The molecule has 0 atom stereocenters. The first-order valence-electron chi connectivity index (χ1n) is 11.5. The third-order valence-corrected chi connectivity index (χ3v) is 5.92. The highest BCUT2D eigenvalue weighted by molar-refractivity contribution is 5.77. The van der Waals surface area contributed by atoms with Crippen molar-refractivity contribution >= 4 is 5.69 Å². The van der Waals surface area contributed by atoms with Crippen LogP contribution in [-0.2, 0) is 13.2 Å². The second-order valence-corrected chi connectivity index (χ2v) is 8.45. The van der Waals surface area contributed by atoms with Gasteiger partial charge in [0.05, 0.1) is 17.7 Å². The van der Waals surface area contributed by atoms with Gasteiger partial charge in [0.25, 0.3) is 0 Å². The van der Waals surface area contributed by atoms with Crippen LogP contribution >= 0.6 is 0 Å². The molecule has 2 heterocycles. The first kappa shape index (κ1) is 22.5. The standard InChI is InChI=1S/C29H25N3O3/c30-16-23-15-24(32-17-25(33)18-32)11-12-26(23)27-13-14-28(34-19-21-7-3-1-4-8-21)31-29(27)35-20-22-9-5-2-6-10-22/h1-15,25,33H,17-20H2. The molecule has 0 saturated carbocycles. The molecular formula is C29H25N3O3. The van der Waals surface area contributed by atoms with Crippen LogP contribution in [0.2, 0.25) is 0 Å². The summed E-state index contributed by atoms with van der Waals surface area (Å²) < 4.78 is 12.1. The normalized spacial score (nSPS) is 13.1. The minimum absolute atomic E-state index is 0.314. The van der Waals surface area contributed by atoms with Gasteiger partial charge in [-0.25, -0.2) is 0 Å². The number of aromatic nitrogens is 1. The number of pyridine rings is 1. The highest BCUT2D eigenvalue weighted by Crippen LogP contribution is 2.35. The molecule has 35 heavy (non-hydrogen) atoms. The summed E-state index contributed by atoms with van der Waals surface area (Å²) in [5, 5.41) is 19.5. The quantitative estimate of drug-likeness (QED) is 0.398. The molecule has 1 saturated heterocycles. The molecule has 0 unspecified atom stereocenters. The molecular weight excluding hydrogens is 438 g/mol. The Kier molecular flexibility index (Phi) is 6.60. The predicted octanol–water partition coefficient (Wildman–Crippen LogP) is 4.96. The second kappa shape index (κ2) is 10.3. The van der Waals surface area contributed by atoms with Crippen LogP contribution in [0, 0.1) is 11.3 Å². The zero-order valence-corrected chi connectivity index (χ0v) is 19.2. The van der Waals surface area contributed by atoms with Gasteiger partial charge in [-0.05, 0) is 29.3 Å². The highest BCUT2D eigenvalue weighted by Gasteiger charge is 2.25. The number of nitriles is 1. The summed E-state index contributed by atoms with van der Waals surface area (Å²) in [6.45, 7) is 1.88. The van der Waals surface area contributed by atoms with E-state index in [4.69, 9.17) is 9.47 Å². The molecule has 6 heteroatoms. The molecule has 1 fully saturated rings. The Morgan fingerprint density at radius 3 is 2.09 bits per heavy atom. The van der Waals surface area contributed by atoms with Gasteiger partial charge in [-0.3, -0.25) is 0 Å². The molecule has 6 nitrogen and oxygen atoms in total. The van der Waals surface area contributed by atoms with Gasteiger partial charge in [-0.15, -0.1) is 0 Å². The maximum Gasteiger partial charge on any atom is 0.225 e. The van der Waals surface area contributed by atoms with E-state index in [1.54, 1.807) is 6.07 Å². The predicted molar refractivity (Wildman–Crippen MR) is 134 cm³/mol. The Balaban J connectivity index is 1.45. The SMILES string of the molecule is N#Cc1cc(N2CC(O)C2)ccc1-c1ccc(OCc2ccccc2)nc1OCc1ccccc1. The Morgan fingerprint density at radius 1 is 0.829 bits per heavy atom. The first-order valence-corrected chi connectivity index (χ1v) is 11.5. The largest absolute Gasteiger partial charge is 0.473 e. The molecule has 1 N–H and O–H groups in total. The third kappa shape index (κ3) is 5.26. The summed E-state index contributed by atoms with van der Waals surface area (Å²) in [4.78, 5) is 6.69. The van der Waals surface area contributed by atoms with E-state index in [0.717, 1.165) is 27.9 Å². The monoisotopic (exact) mass is 463 g/mol. The zero-order chi connectivity index (χ0) is 24.0. The van der Waals surface area contributed by atoms with Crippen molar-refractivity contribution in [2.45, 2.75) is 19.3 Å². The fourth-order valence-corrected chi connectivity index (χ4v) is 4.00. The van der Waals surface area contributed by atoms with Gasteiger partial charge in [0.1, 0.15) is 13.2 Å². The highest BCUT2D eigenvalue weighted by atomic mass is 16.5. The van der Waals surface area contributed by atoms with Crippen LogP contribution < -0.4 is 14.4 Å². The van der Waals surface area contributed by atoms with E-state index < -0.39 is 0 Å². The number of aliphatic hydroxyl groups is 1. The summed E-state index contributed by atoms with van der Waals surface area (Å²) in [6.07, 6.45) is -0.314. The number of hydrogen-bond donors (Lipinski definition) is 1. The first-order chi connectivity index (χ1) is 17.2. The van der Waals surface area contributed by atoms with Crippen molar-refractivity contribution in [1.29, 1.82) is 5.26 Å². The van der Waals surface area contributed by atoms with E-state index in [9.17, 15) is 10.4 Å². The summed E-state index contributed by atoms with van der Waals surface area (Å²) in [6, 6.07) is 31.5. The van der Waals surface area contributed by atoms with Crippen LogP contribution in [0.15, 0.2) is 91.0 Å².